The van der Waals surface area contributed by atoms with E-state index in [0.717, 1.165) is 25.0 Å². The SMILES string of the molecule is C.CCCCc1cn(-c2cnc(C(N)=O)nc2)nn1.NC=O.[HH]. The first-order valence-electron chi connectivity index (χ1n) is 6.31. The lowest BCUT2D eigenvalue weighted by atomic mass is 10.2. The van der Waals surface area contributed by atoms with Crippen LogP contribution in [-0.4, -0.2) is 37.3 Å². The van der Waals surface area contributed by atoms with Crippen LogP contribution in [0.5, 0.6) is 0 Å². The molecular weight excluding hydrogens is 286 g/mol. The predicted molar refractivity (Wildman–Crippen MR) is 83.2 cm³/mol. The molecule has 9 heteroatoms. The van der Waals surface area contributed by atoms with Crippen molar-refractivity contribution in [2.45, 2.75) is 33.6 Å². The molecular formula is C13H23N7O2. The number of primary amides is 2. The Morgan fingerprint density at radius 2 is 2.00 bits per heavy atom. The highest BCUT2D eigenvalue weighted by Crippen LogP contribution is 2.06. The van der Waals surface area contributed by atoms with Gasteiger partial charge in [-0.1, -0.05) is 26.0 Å². The average molecular weight is 309 g/mol. The van der Waals surface area contributed by atoms with Crippen molar-refractivity contribution in [3.63, 3.8) is 0 Å². The van der Waals surface area contributed by atoms with Crippen LogP contribution in [0.3, 0.4) is 0 Å². The second-order valence-electron chi connectivity index (χ2n) is 4.02. The van der Waals surface area contributed by atoms with Gasteiger partial charge in [0.15, 0.2) is 0 Å². The van der Waals surface area contributed by atoms with Crippen LogP contribution in [0.2, 0.25) is 0 Å². The van der Waals surface area contributed by atoms with Crippen LogP contribution >= 0.6 is 0 Å². The second kappa shape index (κ2) is 9.97. The number of hydrogen-bond donors (Lipinski definition) is 2. The molecule has 0 fully saturated rings. The highest BCUT2D eigenvalue weighted by atomic mass is 16.1. The van der Waals surface area contributed by atoms with E-state index < -0.39 is 5.91 Å². The zero-order valence-electron chi connectivity index (χ0n) is 11.6. The largest absolute Gasteiger partial charge is 0.372 e. The van der Waals surface area contributed by atoms with Crippen LogP contribution < -0.4 is 11.5 Å². The van der Waals surface area contributed by atoms with Gasteiger partial charge in [-0.3, -0.25) is 9.59 Å². The Hall–Kier alpha value is -2.84. The monoisotopic (exact) mass is 309 g/mol. The summed E-state index contributed by atoms with van der Waals surface area (Å²) < 4.78 is 1.58. The van der Waals surface area contributed by atoms with Crippen LogP contribution in [0.1, 0.15) is 44.9 Å². The topological polar surface area (TPSA) is 143 Å². The number of nitrogens with two attached hydrogens (primary N) is 2. The van der Waals surface area contributed by atoms with Crippen molar-refractivity contribution in [3.05, 3.63) is 30.1 Å². The van der Waals surface area contributed by atoms with E-state index in [4.69, 9.17) is 10.5 Å². The van der Waals surface area contributed by atoms with E-state index in [1.54, 1.807) is 4.68 Å². The van der Waals surface area contributed by atoms with Gasteiger partial charge >= 0.3 is 0 Å². The Morgan fingerprint density at radius 3 is 2.50 bits per heavy atom. The van der Waals surface area contributed by atoms with Gasteiger partial charge in [-0.15, -0.1) is 5.10 Å². The summed E-state index contributed by atoms with van der Waals surface area (Å²) >= 11 is 0. The van der Waals surface area contributed by atoms with Gasteiger partial charge in [-0.2, -0.15) is 0 Å². The first-order chi connectivity index (χ1) is 10.1. The van der Waals surface area contributed by atoms with Crippen molar-refractivity contribution in [2.24, 2.45) is 11.5 Å². The van der Waals surface area contributed by atoms with Gasteiger partial charge in [0, 0.05) is 1.43 Å². The molecule has 4 N–H and O–H groups in total. The number of hydrogen-bond acceptors (Lipinski definition) is 6. The molecule has 22 heavy (non-hydrogen) atoms. The molecule has 0 aromatic carbocycles. The number of carbonyl (C=O) groups excluding carboxylic acids is 2. The third-order valence-electron chi connectivity index (χ3n) is 2.45. The molecule has 0 bridgehead atoms. The molecule has 0 aliphatic rings. The van der Waals surface area contributed by atoms with Gasteiger partial charge < -0.3 is 11.5 Å². The number of unbranched alkanes of at least 4 members (excludes halogenated alkanes) is 1. The van der Waals surface area contributed by atoms with Crippen LogP contribution in [0, 0.1) is 0 Å². The van der Waals surface area contributed by atoms with Crippen molar-refractivity contribution in [2.75, 3.05) is 0 Å². The van der Waals surface area contributed by atoms with Gasteiger partial charge in [-0.25, -0.2) is 14.6 Å². The molecule has 0 aliphatic heterocycles. The zero-order valence-corrected chi connectivity index (χ0v) is 11.6. The summed E-state index contributed by atoms with van der Waals surface area (Å²) in [5, 5.41) is 8.04. The van der Waals surface area contributed by atoms with E-state index in [1.165, 1.54) is 12.4 Å². The van der Waals surface area contributed by atoms with Gasteiger partial charge in [0.05, 0.1) is 24.3 Å². The third-order valence-corrected chi connectivity index (χ3v) is 2.45. The zero-order chi connectivity index (χ0) is 15.7. The number of carbonyl (C=O) groups is 2. The standard InChI is InChI=1S/C11H14N6O.CH3NO.CH4.H2/c1-2-3-4-8-7-17(16-15-8)9-5-13-11(10(12)18)14-6-9;2-1-3;;/h5-7H,2-4H2,1H3,(H2,12,18);1H,(H2,2,3);1H4;1H. The lowest BCUT2D eigenvalue weighted by Crippen LogP contribution is -2.15. The molecule has 2 amide bonds. The summed E-state index contributed by atoms with van der Waals surface area (Å²) in [4.78, 5) is 27.1. The maximum absolute atomic E-state index is 10.8. The van der Waals surface area contributed by atoms with Crippen LogP contribution in [-0.2, 0) is 11.2 Å². The smallest absolute Gasteiger partial charge is 0.286 e. The van der Waals surface area contributed by atoms with Gasteiger partial charge in [-0.05, 0) is 12.8 Å². The highest BCUT2D eigenvalue weighted by molar-refractivity contribution is 5.88. The number of aryl methyl sites for hydroxylation is 1. The molecule has 0 radical (unpaired) electrons. The Morgan fingerprint density at radius 1 is 1.41 bits per heavy atom. The predicted octanol–water partition coefficient (Wildman–Crippen LogP) is 0.482. The van der Waals surface area contributed by atoms with Crippen molar-refractivity contribution in [1.29, 1.82) is 0 Å². The molecule has 0 saturated heterocycles. The number of rotatable bonds is 5. The molecule has 0 atom stereocenters. The fraction of sp³-hybridized carbons (Fsp3) is 0.385. The molecule has 0 unspecified atom stereocenters. The average Bonchev–Trinajstić information content (AvgIpc) is 2.95. The van der Waals surface area contributed by atoms with E-state index >= 15 is 0 Å². The maximum Gasteiger partial charge on any atom is 0.286 e. The highest BCUT2D eigenvalue weighted by Gasteiger charge is 2.06. The lowest BCUT2D eigenvalue weighted by molar-refractivity contribution is -0.106. The van der Waals surface area contributed by atoms with E-state index in [9.17, 15) is 4.79 Å². The summed E-state index contributed by atoms with van der Waals surface area (Å²) in [6, 6.07) is 0. The van der Waals surface area contributed by atoms with Gasteiger partial charge in [0.25, 0.3) is 5.91 Å². The Kier molecular flexibility index (Phi) is 8.68. The van der Waals surface area contributed by atoms with E-state index in [1.807, 2.05) is 6.20 Å². The molecule has 122 valence electrons. The van der Waals surface area contributed by atoms with Crippen LogP contribution in [0.25, 0.3) is 5.69 Å². The van der Waals surface area contributed by atoms with E-state index in [2.05, 4.69) is 32.9 Å². The molecule has 0 aliphatic carbocycles. The van der Waals surface area contributed by atoms with E-state index in [0.29, 0.717) is 5.69 Å². The first-order valence-corrected chi connectivity index (χ1v) is 6.31. The lowest BCUT2D eigenvalue weighted by Gasteiger charge is -1.98. The normalized spacial score (nSPS) is 9.14. The van der Waals surface area contributed by atoms with Crippen molar-refractivity contribution < 1.29 is 11.0 Å². The fourth-order valence-electron chi connectivity index (χ4n) is 1.46. The summed E-state index contributed by atoms with van der Waals surface area (Å²) in [5.41, 5.74) is 10.8. The van der Waals surface area contributed by atoms with Crippen LogP contribution in [0.4, 0.5) is 0 Å². The molecule has 2 heterocycles. The molecule has 9 nitrogen and oxygen atoms in total. The number of amides is 2. The minimum atomic E-state index is -0.649. The van der Waals surface area contributed by atoms with Gasteiger partial charge in [0.2, 0.25) is 12.2 Å². The molecule has 2 aromatic rings. The van der Waals surface area contributed by atoms with E-state index in [-0.39, 0.29) is 21.1 Å². The molecule has 2 aromatic heterocycles. The molecule has 0 saturated carbocycles. The maximum atomic E-state index is 10.8. The van der Waals surface area contributed by atoms with Crippen molar-refractivity contribution in [3.8, 4) is 5.69 Å². The second-order valence-corrected chi connectivity index (χ2v) is 4.02. The fourth-order valence-corrected chi connectivity index (χ4v) is 1.46. The Balaban J connectivity index is 0. The quantitative estimate of drug-likeness (QED) is 0.769. The minimum Gasteiger partial charge on any atom is -0.372 e. The van der Waals surface area contributed by atoms with Gasteiger partial charge in [0.1, 0.15) is 5.69 Å². The summed E-state index contributed by atoms with van der Waals surface area (Å²) in [6.45, 7) is 2.13. The molecule has 2 rings (SSSR count). The summed E-state index contributed by atoms with van der Waals surface area (Å²) in [5.74, 6) is -0.658. The third kappa shape index (κ3) is 5.65. The number of nitrogens with zero attached hydrogens (tertiary/aromatic N) is 5. The summed E-state index contributed by atoms with van der Waals surface area (Å²) in [6.07, 6.45) is 8.16. The minimum absolute atomic E-state index is 0. The van der Waals surface area contributed by atoms with Crippen LogP contribution in [0.15, 0.2) is 18.6 Å². The van der Waals surface area contributed by atoms with Crippen molar-refractivity contribution in [1.82, 2.24) is 25.0 Å². The first kappa shape index (κ1) is 19.2. The Labute approximate surface area is 130 Å². The summed E-state index contributed by atoms with van der Waals surface area (Å²) in [7, 11) is 0. The molecule has 0 spiro atoms. The Bertz CT molecular complexity index is 586. The number of aromatic nitrogens is 5. The van der Waals surface area contributed by atoms with Crippen molar-refractivity contribution >= 4 is 12.3 Å².